The molecule has 0 saturated carbocycles. The summed E-state index contributed by atoms with van der Waals surface area (Å²) in [6, 6.07) is 7.09. The van der Waals surface area contributed by atoms with E-state index >= 15 is 0 Å². The second kappa shape index (κ2) is 8.21. The van der Waals surface area contributed by atoms with E-state index in [1.807, 2.05) is 19.1 Å². The first-order valence-corrected chi connectivity index (χ1v) is 9.70. The fourth-order valence-corrected chi connectivity index (χ4v) is 3.90. The first-order chi connectivity index (χ1) is 12.0. The highest BCUT2D eigenvalue weighted by molar-refractivity contribution is 8.22. The molecule has 134 valence electrons. The molecule has 0 atom stereocenters. The van der Waals surface area contributed by atoms with Gasteiger partial charge < -0.3 is 19.0 Å². The summed E-state index contributed by atoms with van der Waals surface area (Å²) in [5, 5.41) is 0.928. The van der Waals surface area contributed by atoms with Gasteiger partial charge in [0.1, 0.15) is 15.7 Å². The van der Waals surface area contributed by atoms with Crippen LogP contribution >= 0.6 is 24.0 Å². The van der Waals surface area contributed by atoms with Crippen molar-refractivity contribution in [3.63, 3.8) is 0 Å². The van der Waals surface area contributed by atoms with Gasteiger partial charge >= 0.3 is 5.63 Å². The molecule has 0 unspecified atom stereocenters. The van der Waals surface area contributed by atoms with Crippen molar-refractivity contribution >= 4 is 39.3 Å². The fraction of sp³-hybridized carbons (Fsp3) is 0.444. The number of nitrogens with zero attached hydrogens (tertiary/aromatic N) is 2. The Bertz CT molecular complexity index is 814. The molecule has 7 heteroatoms. The van der Waals surface area contributed by atoms with Crippen LogP contribution in [0.4, 0.5) is 0 Å². The zero-order valence-corrected chi connectivity index (χ0v) is 16.1. The summed E-state index contributed by atoms with van der Waals surface area (Å²) < 4.78 is 12.0. The van der Waals surface area contributed by atoms with Crippen LogP contribution in [0.5, 0.6) is 5.75 Å². The van der Waals surface area contributed by atoms with Crippen LogP contribution in [0.3, 0.4) is 0 Å². The van der Waals surface area contributed by atoms with Crippen LogP contribution in [-0.2, 0) is 0 Å². The zero-order chi connectivity index (χ0) is 17.8. The molecule has 1 aliphatic rings. The van der Waals surface area contributed by atoms with Crippen molar-refractivity contribution in [1.29, 1.82) is 0 Å². The Morgan fingerprint density at radius 1 is 1.28 bits per heavy atom. The van der Waals surface area contributed by atoms with Crippen LogP contribution in [0.1, 0.15) is 5.56 Å². The van der Waals surface area contributed by atoms with Crippen molar-refractivity contribution in [3.05, 3.63) is 40.2 Å². The van der Waals surface area contributed by atoms with E-state index in [2.05, 4.69) is 16.8 Å². The van der Waals surface area contributed by atoms with E-state index in [9.17, 15) is 4.79 Å². The highest BCUT2D eigenvalue weighted by atomic mass is 32.2. The number of thioether (sulfide) groups is 1. The molecule has 2 aromatic rings. The Morgan fingerprint density at radius 2 is 2.04 bits per heavy atom. The first kappa shape index (κ1) is 18.2. The largest absolute Gasteiger partial charge is 0.493 e. The number of piperazine rings is 1. The average Bonchev–Trinajstić information content (AvgIpc) is 2.58. The number of aryl methyl sites for hydroxylation is 1. The van der Waals surface area contributed by atoms with Crippen LogP contribution in [0.25, 0.3) is 11.0 Å². The number of hydrogen-bond donors (Lipinski definition) is 0. The second-order valence-corrected chi connectivity index (χ2v) is 7.89. The number of hydrogen-bond acceptors (Lipinski definition) is 6. The van der Waals surface area contributed by atoms with Gasteiger partial charge in [0.05, 0.1) is 6.61 Å². The van der Waals surface area contributed by atoms with Crippen molar-refractivity contribution in [3.8, 4) is 5.75 Å². The van der Waals surface area contributed by atoms with E-state index in [1.54, 1.807) is 17.8 Å². The maximum Gasteiger partial charge on any atom is 0.336 e. The third kappa shape index (κ3) is 4.74. The summed E-state index contributed by atoms with van der Waals surface area (Å²) in [4.78, 5) is 16.1. The quantitative estimate of drug-likeness (QED) is 0.460. The molecule has 0 bridgehead atoms. The number of likely N-dealkylation sites (N-methyl/N-ethyl adjacent to an activating group) is 1. The van der Waals surface area contributed by atoms with Gasteiger partial charge in [-0.15, -0.1) is 0 Å². The van der Waals surface area contributed by atoms with Gasteiger partial charge in [0.2, 0.25) is 0 Å². The summed E-state index contributed by atoms with van der Waals surface area (Å²) in [5.41, 5.74) is 1.13. The van der Waals surface area contributed by atoms with Crippen LogP contribution < -0.4 is 10.4 Å². The molecule has 25 heavy (non-hydrogen) atoms. The van der Waals surface area contributed by atoms with E-state index in [4.69, 9.17) is 21.4 Å². The van der Waals surface area contributed by atoms with Gasteiger partial charge in [0.25, 0.3) is 0 Å². The zero-order valence-electron chi connectivity index (χ0n) is 14.5. The number of thiocarbonyl (C=S) groups is 1. The Morgan fingerprint density at radius 3 is 2.80 bits per heavy atom. The maximum atomic E-state index is 11.5. The lowest BCUT2D eigenvalue weighted by Gasteiger charge is -2.33. The predicted molar refractivity (Wildman–Crippen MR) is 107 cm³/mol. The van der Waals surface area contributed by atoms with Crippen LogP contribution in [0, 0.1) is 6.92 Å². The molecular weight excluding hydrogens is 356 g/mol. The van der Waals surface area contributed by atoms with Gasteiger partial charge in [0, 0.05) is 49.5 Å². The van der Waals surface area contributed by atoms with E-state index < -0.39 is 0 Å². The molecule has 2 heterocycles. The smallest absolute Gasteiger partial charge is 0.336 e. The molecule has 0 radical (unpaired) electrons. The van der Waals surface area contributed by atoms with E-state index in [0.29, 0.717) is 17.9 Å². The number of ether oxygens (including phenoxy) is 1. The molecule has 1 aromatic heterocycles. The molecule has 1 saturated heterocycles. The third-order valence-corrected chi connectivity index (χ3v) is 5.75. The summed E-state index contributed by atoms with van der Waals surface area (Å²) >= 11 is 7.15. The lowest BCUT2D eigenvalue weighted by atomic mass is 10.1. The molecule has 1 aliphatic heterocycles. The molecule has 0 amide bonds. The van der Waals surface area contributed by atoms with E-state index in [1.165, 1.54) is 6.07 Å². The number of benzene rings is 1. The average molecular weight is 379 g/mol. The lowest BCUT2D eigenvalue weighted by molar-refractivity contribution is 0.220. The fourth-order valence-electron chi connectivity index (χ4n) is 2.76. The minimum Gasteiger partial charge on any atom is -0.493 e. The summed E-state index contributed by atoms with van der Waals surface area (Å²) in [6.07, 6.45) is 0. The third-order valence-electron chi connectivity index (χ3n) is 4.26. The van der Waals surface area contributed by atoms with Gasteiger partial charge in [-0.05, 0) is 31.7 Å². The van der Waals surface area contributed by atoms with Crippen LogP contribution in [0.15, 0.2) is 33.5 Å². The Labute approximate surface area is 156 Å². The lowest BCUT2D eigenvalue weighted by Crippen LogP contribution is -2.45. The number of fused-ring (bicyclic) bond motifs is 1. The van der Waals surface area contributed by atoms with Crippen molar-refractivity contribution in [2.75, 3.05) is 45.6 Å². The van der Waals surface area contributed by atoms with Gasteiger partial charge in [-0.1, -0.05) is 24.0 Å². The Kier molecular flexibility index (Phi) is 5.98. The second-order valence-electron chi connectivity index (χ2n) is 6.16. The van der Waals surface area contributed by atoms with E-state index in [0.717, 1.165) is 47.2 Å². The molecule has 1 fully saturated rings. The molecule has 0 spiro atoms. The summed E-state index contributed by atoms with van der Waals surface area (Å²) in [6.45, 7) is 6.55. The van der Waals surface area contributed by atoms with Crippen molar-refractivity contribution in [2.24, 2.45) is 0 Å². The number of rotatable bonds is 4. The molecular formula is C18H22N2O3S2. The van der Waals surface area contributed by atoms with Crippen molar-refractivity contribution in [1.82, 2.24) is 9.80 Å². The predicted octanol–water partition coefficient (Wildman–Crippen LogP) is 2.75. The normalized spacial score (nSPS) is 15.5. The minimum atomic E-state index is -0.338. The SMILES string of the molecule is Cc1cc(=O)oc2cc(OCCSC(=S)N3CCN(C)CC3)ccc12. The van der Waals surface area contributed by atoms with Gasteiger partial charge in [-0.25, -0.2) is 4.79 Å². The Hall–Kier alpha value is -1.57. The van der Waals surface area contributed by atoms with Crippen molar-refractivity contribution in [2.45, 2.75) is 6.92 Å². The maximum absolute atomic E-state index is 11.5. The van der Waals surface area contributed by atoms with Gasteiger partial charge in [-0.2, -0.15) is 0 Å². The monoisotopic (exact) mass is 378 g/mol. The molecule has 3 rings (SSSR count). The highest BCUT2D eigenvalue weighted by Gasteiger charge is 2.16. The van der Waals surface area contributed by atoms with Gasteiger partial charge in [-0.3, -0.25) is 0 Å². The minimum absolute atomic E-state index is 0.338. The van der Waals surface area contributed by atoms with Gasteiger partial charge in [0.15, 0.2) is 0 Å². The Balaban J connectivity index is 1.50. The standard InChI is InChI=1S/C18H22N2O3S2/c1-13-11-17(21)23-16-12-14(3-4-15(13)16)22-9-10-25-18(24)20-7-5-19(2)6-8-20/h3-4,11-12H,5-10H2,1-2H3. The van der Waals surface area contributed by atoms with Crippen LogP contribution in [-0.4, -0.2) is 59.7 Å². The molecule has 5 nitrogen and oxygen atoms in total. The van der Waals surface area contributed by atoms with Crippen molar-refractivity contribution < 1.29 is 9.15 Å². The van der Waals surface area contributed by atoms with E-state index in [-0.39, 0.29) is 5.63 Å². The molecule has 0 N–H and O–H groups in total. The van der Waals surface area contributed by atoms with Crippen LogP contribution in [0.2, 0.25) is 0 Å². The molecule has 0 aliphatic carbocycles. The summed E-state index contributed by atoms with van der Waals surface area (Å²) in [5.74, 6) is 1.49. The molecule has 1 aromatic carbocycles. The highest BCUT2D eigenvalue weighted by Crippen LogP contribution is 2.22. The topological polar surface area (TPSA) is 45.9 Å². The summed E-state index contributed by atoms with van der Waals surface area (Å²) in [7, 11) is 2.13. The first-order valence-electron chi connectivity index (χ1n) is 8.30.